The summed E-state index contributed by atoms with van der Waals surface area (Å²) >= 11 is 1.49. The fourth-order valence-electron chi connectivity index (χ4n) is 4.43. The van der Waals surface area contributed by atoms with Crippen molar-refractivity contribution in [2.45, 2.75) is 60.2 Å². The van der Waals surface area contributed by atoms with Gasteiger partial charge in [0.25, 0.3) is 5.91 Å². The molecule has 0 aromatic carbocycles. The molecular formula is C22H31N5O3S2. The van der Waals surface area contributed by atoms with Crippen LogP contribution in [0.2, 0.25) is 0 Å². The maximum atomic E-state index is 13.2. The second-order valence-corrected chi connectivity index (χ2v) is 12.6. The predicted molar refractivity (Wildman–Crippen MR) is 127 cm³/mol. The van der Waals surface area contributed by atoms with E-state index in [-0.39, 0.29) is 23.5 Å². The topological polar surface area (TPSA) is 90.1 Å². The number of thiophene rings is 1. The molecular weight excluding hydrogens is 446 g/mol. The van der Waals surface area contributed by atoms with E-state index in [4.69, 9.17) is 0 Å². The number of carbonyl (C=O) groups excluding carboxylic acids is 1. The Morgan fingerprint density at radius 3 is 2.59 bits per heavy atom. The van der Waals surface area contributed by atoms with Gasteiger partial charge in [0, 0.05) is 36.8 Å². The van der Waals surface area contributed by atoms with Crippen LogP contribution in [-0.4, -0.2) is 57.3 Å². The van der Waals surface area contributed by atoms with Crippen molar-refractivity contribution in [3.8, 4) is 0 Å². The lowest BCUT2D eigenvalue weighted by atomic mass is 10.1. The second-order valence-electron chi connectivity index (χ2n) is 9.30. The first-order valence-electron chi connectivity index (χ1n) is 10.9. The molecule has 8 nitrogen and oxygen atoms in total. The number of amides is 1. The third-order valence-electron chi connectivity index (χ3n) is 6.13. The molecule has 1 amide bonds. The first-order valence-corrected chi connectivity index (χ1v) is 13.6. The summed E-state index contributed by atoms with van der Waals surface area (Å²) in [4.78, 5) is 16.7. The Hall–Kier alpha value is -2.20. The van der Waals surface area contributed by atoms with E-state index in [0.717, 1.165) is 39.4 Å². The first-order chi connectivity index (χ1) is 15.0. The standard InChI is InChI=1S/C22H31N5O3S2/c1-13(2)10-26-22-18(14(3)23-26)9-20(31-22)21(28)25(6)11-19-15(4)24-27(16(19)5)17-7-8-32(29,30)12-17/h9,13,17H,7-8,10-12H2,1-6H3. The molecule has 0 N–H and O–H groups in total. The minimum Gasteiger partial charge on any atom is -0.337 e. The van der Waals surface area contributed by atoms with Gasteiger partial charge >= 0.3 is 0 Å². The van der Waals surface area contributed by atoms with Gasteiger partial charge in [-0.3, -0.25) is 14.2 Å². The van der Waals surface area contributed by atoms with Gasteiger partial charge in [0.15, 0.2) is 9.84 Å². The number of fused-ring (bicyclic) bond motifs is 1. The fraction of sp³-hybridized carbons (Fsp3) is 0.591. The van der Waals surface area contributed by atoms with Crippen molar-refractivity contribution in [3.05, 3.63) is 33.6 Å². The van der Waals surface area contributed by atoms with Crippen molar-refractivity contribution >= 4 is 37.3 Å². The molecule has 4 rings (SSSR count). The van der Waals surface area contributed by atoms with Gasteiger partial charge in [0.2, 0.25) is 0 Å². The van der Waals surface area contributed by atoms with Crippen molar-refractivity contribution < 1.29 is 13.2 Å². The number of aromatic nitrogens is 4. The highest BCUT2D eigenvalue weighted by molar-refractivity contribution is 7.91. The zero-order chi connectivity index (χ0) is 23.4. The van der Waals surface area contributed by atoms with Gasteiger partial charge in [0.05, 0.1) is 33.8 Å². The monoisotopic (exact) mass is 477 g/mol. The lowest BCUT2D eigenvalue weighted by Crippen LogP contribution is -2.26. The molecule has 3 aromatic rings. The van der Waals surface area contributed by atoms with Crippen LogP contribution in [0.5, 0.6) is 0 Å². The zero-order valence-corrected chi connectivity index (χ0v) is 21.2. The minimum atomic E-state index is -2.99. The second kappa shape index (κ2) is 8.30. The van der Waals surface area contributed by atoms with E-state index < -0.39 is 9.84 Å². The molecule has 0 radical (unpaired) electrons. The summed E-state index contributed by atoms with van der Waals surface area (Å²) in [6.45, 7) is 11.4. The van der Waals surface area contributed by atoms with Gasteiger partial charge in [-0.25, -0.2) is 8.42 Å². The molecule has 1 aliphatic rings. The van der Waals surface area contributed by atoms with E-state index in [9.17, 15) is 13.2 Å². The number of hydrogen-bond acceptors (Lipinski definition) is 6. The first kappa shape index (κ1) is 23.0. The highest BCUT2D eigenvalue weighted by Crippen LogP contribution is 2.31. The number of aryl methyl sites for hydroxylation is 2. The summed E-state index contributed by atoms with van der Waals surface area (Å²) in [5, 5.41) is 10.3. The van der Waals surface area contributed by atoms with Crippen LogP contribution in [0, 0.1) is 26.7 Å². The van der Waals surface area contributed by atoms with Crippen molar-refractivity contribution in [1.82, 2.24) is 24.5 Å². The highest BCUT2D eigenvalue weighted by atomic mass is 32.2. The van der Waals surface area contributed by atoms with Gasteiger partial charge in [-0.05, 0) is 39.2 Å². The molecule has 1 saturated heterocycles. The summed E-state index contributed by atoms with van der Waals surface area (Å²) < 4.78 is 27.7. The Balaban J connectivity index is 1.56. The Morgan fingerprint density at radius 2 is 1.97 bits per heavy atom. The van der Waals surface area contributed by atoms with Crippen molar-refractivity contribution in [3.63, 3.8) is 0 Å². The number of carbonyl (C=O) groups is 1. The third-order valence-corrected chi connectivity index (χ3v) is 9.01. The molecule has 0 saturated carbocycles. The molecule has 0 spiro atoms. The summed E-state index contributed by atoms with van der Waals surface area (Å²) in [5.41, 5.74) is 3.70. The highest BCUT2D eigenvalue weighted by Gasteiger charge is 2.32. The van der Waals surface area contributed by atoms with E-state index in [1.54, 1.807) is 11.9 Å². The maximum absolute atomic E-state index is 13.2. The molecule has 1 fully saturated rings. The van der Waals surface area contributed by atoms with Crippen LogP contribution in [0.3, 0.4) is 0 Å². The molecule has 1 aliphatic heterocycles. The third kappa shape index (κ3) is 4.22. The van der Waals surface area contributed by atoms with Crippen LogP contribution in [-0.2, 0) is 22.9 Å². The van der Waals surface area contributed by atoms with Crippen LogP contribution < -0.4 is 0 Å². The molecule has 4 heterocycles. The van der Waals surface area contributed by atoms with Gasteiger partial charge in [0.1, 0.15) is 4.83 Å². The average Bonchev–Trinajstić information content (AvgIpc) is 3.42. The van der Waals surface area contributed by atoms with Crippen LogP contribution in [0.4, 0.5) is 0 Å². The molecule has 1 unspecified atom stereocenters. The SMILES string of the molecule is Cc1nn(C2CCS(=O)(=O)C2)c(C)c1CN(C)C(=O)c1cc2c(C)nn(CC(C)C)c2s1. The zero-order valence-electron chi connectivity index (χ0n) is 19.5. The molecule has 0 aliphatic carbocycles. The molecule has 32 heavy (non-hydrogen) atoms. The summed E-state index contributed by atoms with van der Waals surface area (Å²) in [6.07, 6.45) is 0.590. The molecule has 3 aromatic heterocycles. The Kier molecular flexibility index (Phi) is 5.96. The number of hydrogen-bond donors (Lipinski definition) is 0. The van der Waals surface area contributed by atoms with Gasteiger partial charge in [-0.1, -0.05) is 13.8 Å². The van der Waals surface area contributed by atoms with Crippen LogP contribution in [0.1, 0.15) is 58.6 Å². The average molecular weight is 478 g/mol. The number of sulfone groups is 1. The van der Waals surface area contributed by atoms with Crippen molar-refractivity contribution in [2.24, 2.45) is 5.92 Å². The van der Waals surface area contributed by atoms with Gasteiger partial charge in [-0.2, -0.15) is 10.2 Å². The van der Waals surface area contributed by atoms with Gasteiger partial charge in [-0.15, -0.1) is 11.3 Å². The van der Waals surface area contributed by atoms with Crippen molar-refractivity contribution in [1.29, 1.82) is 0 Å². The van der Waals surface area contributed by atoms with Crippen molar-refractivity contribution in [2.75, 3.05) is 18.6 Å². The number of nitrogens with zero attached hydrogens (tertiary/aromatic N) is 5. The predicted octanol–water partition coefficient (Wildman–Crippen LogP) is 3.51. The Labute approximate surface area is 193 Å². The van der Waals surface area contributed by atoms with Crippen LogP contribution in [0.15, 0.2) is 6.07 Å². The largest absolute Gasteiger partial charge is 0.337 e. The lowest BCUT2D eigenvalue weighted by molar-refractivity contribution is 0.0789. The maximum Gasteiger partial charge on any atom is 0.264 e. The van der Waals surface area contributed by atoms with E-state index in [1.165, 1.54) is 11.3 Å². The summed E-state index contributed by atoms with van der Waals surface area (Å²) in [6, 6.07) is 1.83. The summed E-state index contributed by atoms with van der Waals surface area (Å²) in [5.74, 6) is 0.788. The fourth-order valence-corrected chi connectivity index (χ4v) is 7.29. The lowest BCUT2D eigenvalue weighted by Gasteiger charge is -2.17. The number of rotatable bonds is 6. The Bertz CT molecular complexity index is 1280. The smallest absolute Gasteiger partial charge is 0.264 e. The molecule has 1 atom stereocenters. The van der Waals surface area contributed by atoms with E-state index in [1.807, 2.05) is 36.2 Å². The van der Waals surface area contributed by atoms with E-state index in [0.29, 0.717) is 23.8 Å². The van der Waals surface area contributed by atoms with Crippen LogP contribution >= 0.6 is 11.3 Å². The van der Waals surface area contributed by atoms with Gasteiger partial charge < -0.3 is 4.90 Å². The Morgan fingerprint density at radius 1 is 1.25 bits per heavy atom. The normalized spacial score (nSPS) is 18.2. The minimum absolute atomic E-state index is 0.0308. The molecule has 0 bridgehead atoms. The van der Waals surface area contributed by atoms with Crippen LogP contribution in [0.25, 0.3) is 10.2 Å². The van der Waals surface area contributed by atoms with E-state index in [2.05, 4.69) is 24.0 Å². The summed E-state index contributed by atoms with van der Waals surface area (Å²) in [7, 11) is -1.19. The molecule has 174 valence electrons. The molecule has 10 heteroatoms. The quantitative estimate of drug-likeness (QED) is 0.542. The van der Waals surface area contributed by atoms with E-state index >= 15 is 0 Å².